The van der Waals surface area contributed by atoms with Crippen LogP contribution in [0.5, 0.6) is 0 Å². The largest absolute Gasteiger partial charge is 0.463 e. The van der Waals surface area contributed by atoms with E-state index in [4.69, 9.17) is 18.9 Å². The third kappa shape index (κ3) is 8.59. The summed E-state index contributed by atoms with van der Waals surface area (Å²) in [4.78, 5) is 22.3. The smallest absolute Gasteiger partial charge is 0.334 e. The molecule has 0 aromatic heterocycles. The van der Waals surface area contributed by atoms with Crippen LogP contribution in [0.15, 0.2) is 25.3 Å². The number of hydrogen-bond acceptors (Lipinski definition) is 6. The minimum absolute atomic E-state index is 0.327. The van der Waals surface area contributed by atoms with Gasteiger partial charge in [0.05, 0.1) is 19.8 Å². The summed E-state index contributed by atoms with van der Waals surface area (Å²) >= 11 is 0. The van der Waals surface area contributed by atoms with Crippen molar-refractivity contribution in [3.8, 4) is 0 Å². The summed E-state index contributed by atoms with van der Waals surface area (Å²) in [6.45, 7) is 11.3. The van der Waals surface area contributed by atoms with Gasteiger partial charge in [-0.15, -0.1) is 0 Å². The molecule has 0 bridgehead atoms. The molecule has 0 aliphatic carbocycles. The molecular formula is C16H26O6. The van der Waals surface area contributed by atoms with Crippen molar-refractivity contribution in [2.45, 2.75) is 45.5 Å². The lowest BCUT2D eigenvalue weighted by Crippen LogP contribution is -2.41. The van der Waals surface area contributed by atoms with Crippen LogP contribution in [-0.2, 0) is 28.5 Å². The first-order valence-electron chi connectivity index (χ1n) is 7.46. The Bertz CT molecular complexity index is 358. The number of carbonyl (C=O) groups is 2. The van der Waals surface area contributed by atoms with Crippen LogP contribution in [0, 0.1) is 0 Å². The average Bonchev–Trinajstić information content (AvgIpc) is 2.50. The number of hydrogen-bond donors (Lipinski definition) is 0. The van der Waals surface area contributed by atoms with Crippen molar-refractivity contribution in [2.24, 2.45) is 0 Å². The number of carbonyl (C=O) groups excluding carboxylic acids is 2. The van der Waals surface area contributed by atoms with Gasteiger partial charge in [0.2, 0.25) is 0 Å². The monoisotopic (exact) mass is 314 g/mol. The van der Waals surface area contributed by atoms with Crippen molar-refractivity contribution in [3.63, 3.8) is 0 Å². The lowest BCUT2D eigenvalue weighted by Gasteiger charge is -2.31. The van der Waals surface area contributed by atoms with Gasteiger partial charge in [-0.2, -0.15) is 0 Å². The lowest BCUT2D eigenvalue weighted by atomic mass is 10.1. The fourth-order valence-electron chi connectivity index (χ4n) is 1.78. The highest BCUT2D eigenvalue weighted by Crippen LogP contribution is 2.24. The van der Waals surface area contributed by atoms with E-state index in [1.165, 1.54) is 0 Å². The third-order valence-electron chi connectivity index (χ3n) is 2.69. The van der Waals surface area contributed by atoms with Crippen LogP contribution in [0.3, 0.4) is 0 Å². The molecule has 0 saturated carbocycles. The molecule has 0 aromatic carbocycles. The van der Waals surface area contributed by atoms with Gasteiger partial charge in [0.1, 0.15) is 0 Å². The quantitative estimate of drug-likeness (QED) is 0.225. The summed E-state index contributed by atoms with van der Waals surface area (Å²) < 4.78 is 21.1. The van der Waals surface area contributed by atoms with Crippen LogP contribution < -0.4 is 0 Å². The van der Waals surface area contributed by atoms with Crippen LogP contribution in [0.2, 0.25) is 0 Å². The Morgan fingerprint density at radius 1 is 0.955 bits per heavy atom. The summed E-state index contributed by atoms with van der Waals surface area (Å²) in [7, 11) is 0. The van der Waals surface area contributed by atoms with E-state index in [0.717, 1.165) is 18.6 Å². The third-order valence-corrected chi connectivity index (χ3v) is 2.69. The van der Waals surface area contributed by atoms with Crippen LogP contribution in [0.1, 0.15) is 39.5 Å². The highest BCUT2D eigenvalue weighted by molar-refractivity contribution is 5.81. The summed E-state index contributed by atoms with van der Waals surface area (Å²) in [5, 5.41) is 0. The summed E-state index contributed by atoms with van der Waals surface area (Å²) in [6, 6.07) is 0. The van der Waals surface area contributed by atoms with Gasteiger partial charge in [-0.25, -0.2) is 9.59 Å². The van der Waals surface area contributed by atoms with Crippen molar-refractivity contribution >= 4 is 11.9 Å². The van der Waals surface area contributed by atoms with Gasteiger partial charge in [-0.05, 0) is 33.1 Å². The molecule has 0 aliphatic heterocycles. The van der Waals surface area contributed by atoms with E-state index >= 15 is 0 Å². The highest BCUT2D eigenvalue weighted by Gasteiger charge is 2.35. The normalized spacial score (nSPS) is 10.8. The molecule has 0 aromatic rings. The van der Waals surface area contributed by atoms with E-state index in [1.54, 1.807) is 13.8 Å². The molecule has 6 nitrogen and oxygen atoms in total. The molecule has 126 valence electrons. The van der Waals surface area contributed by atoms with E-state index < -0.39 is 17.9 Å². The fourth-order valence-corrected chi connectivity index (χ4v) is 1.78. The second-order valence-corrected chi connectivity index (χ2v) is 4.36. The molecule has 0 unspecified atom stereocenters. The van der Waals surface area contributed by atoms with Crippen molar-refractivity contribution in [3.05, 3.63) is 25.3 Å². The minimum Gasteiger partial charge on any atom is -0.463 e. The predicted molar refractivity (Wildman–Crippen MR) is 81.9 cm³/mol. The van der Waals surface area contributed by atoms with Gasteiger partial charge in [0.15, 0.2) is 0 Å². The molecule has 0 amide bonds. The first-order chi connectivity index (χ1) is 10.5. The maximum absolute atomic E-state index is 11.5. The fraction of sp³-hybridized carbons (Fsp3) is 0.625. The van der Waals surface area contributed by atoms with Gasteiger partial charge < -0.3 is 18.9 Å². The standard InChI is InChI=1S/C16H26O6/c1-5-14(17)19-13-11-9-10-12-16(20-7-3,21-8-4)22-15(18)6-2/h5-6H,1-2,7-13H2,3-4H3. The topological polar surface area (TPSA) is 71.1 Å². The molecule has 0 fully saturated rings. The van der Waals surface area contributed by atoms with Gasteiger partial charge in [-0.1, -0.05) is 13.2 Å². The second-order valence-electron chi connectivity index (χ2n) is 4.36. The van der Waals surface area contributed by atoms with Crippen LogP contribution >= 0.6 is 0 Å². The van der Waals surface area contributed by atoms with E-state index in [2.05, 4.69) is 13.2 Å². The molecule has 0 saturated heterocycles. The summed E-state index contributed by atoms with van der Waals surface area (Å²) in [6.07, 6.45) is 4.76. The Morgan fingerprint density at radius 3 is 2.05 bits per heavy atom. The Balaban J connectivity index is 4.32. The number of ether oxygens (including phenoxy) is 4. The van der Waals surface area contributed by atoms with E-state index in [-0.39, 0.29) is 0 Å². The van der Waals surface area contributed by atoms with E-state index in [1.807, 2.05) is 0 Å². The number of rotatable bonds is 13. The molecule has 0 atom stereocenters. The Morgan fingerprint density at radius 2 is 1.55 bits per heavy atom. The maximum Gasteiger partial charge on any atom is 0.334 e. The zero-order valence-corrected chi connectivity index (χ0v) is 13.5. The number of esters is 2. The molecule has 22 heavy (non-hydrogen) atoms. The maximum atomic E-state index is 11.5. The Labute approximate surface area is 132 Å². The van der Waals surface area contributed by atoms with Gasteiger partial charge in [0, 0.05) is 18.6 Å². The molecule has 0 spiro atoms. The highest BCUT2D eigenvalue weighted by atomic mass is 16.9. The molecule has 0 aliphatic rings. The first-order valence-corrected chi connectivity index (χ1v) is 7.46. The van der Waals surface area contributed by atoms with Crippen molar-refractivity contribution in [1.82, 2.24) is 0 Å². The van der Waals surface area contributed by atoms with Gasteiger partial charge in [0.25, 0.3) is 0 Å². The van der Waals surface area contributed by atoms with Crippen LogP contribution in [0.25, 0.3) is 0 Å². The van der Waals surface area contributed by atoms with E-state index in [0.29, 0.717) is 39.1 Å². The minimum atomic E-state index is -1.38. The van der Waals surface area contributed by atoms with Crippen molar-refractivity contribution in [2.75, 3.05) is 19.8 Å². The molecule has 0 heterocycles. The van der Waals surface area contributed by atoms with E-state index in [9.17, 15) is 9.59 Å². The zero-order valence-electron chi connectivity index (χ0n) is 13.5. The zero-order chi connectivity index (χ0) is 16.8. The van der Waals surface area contributed by atoms with Crippen LogP contribution in [-0.4, -0.2) is 37.7 Å². The SMILES string of the molecule is C=CC(=O)OCCCCCC(OCC)(OCC)OC(=O)C=C. The van der Waals surface area contributed by atoms with Crippen LogP contribution in [0.4, 0.5) is 0 Å². The van der Waals surface area contributed by atoms with Gasteiger partial charge >= 0.3 is 17.9 Å². The van der Waals surface area contributed by atoms with Gasteiger partial charge in [-0.3, -0.25) is 0 Å². The average molecular weight is 314 g/mol. The number of unbranched alkanes of at least 4 members (excludes halogenated alkanes) is 2. The second kappa shape index (κ2) is 11.9. The first kappa shape index (κ1) is 20.3. The molecule has 0 N–H and O–H groups in total. The Hall–Kier alpha value is -1.66. The molecule has 0 radical (unpaired) electrons. The van der Waals surface area contributed by atoms with Crippen molar-refractivity contribution < 1.29 is 28.5 Å². The van der Waals surface area contributed by atoms with Crippen molar-refractivity contribution in [1.29, 1.82) is 0 Å². The molecular weight excluding hydrogens is 288 g/mol. The molecule has 6 heteroatoms. The Kier molecular flexibility index (Phi) is 11.0. The lowest BCUT2D eigenvalue weighted by molar-refractivity contribution is -0.361. The summed E-state index contributed by atoms with van der Waals surface area (Å²) in [5.74, 6) is -2.41. The summed E-state index contributed by atoms with van der Waals surface area (Å²) in [5.41, 5.74) is 0. The molecule has 0 rings (SSSR count). The predicted octanol–water partition coefficient (Wildman–Crippen LogP) is 2.73.